The predicted molar refractivity (Wildman–Crippen MR) is 97.4 cm³/mol. The highest BCUT2D eigenvalue weighted by Crippen LogP contribution is 2.27. The molecule has 2 atom stereocenters. The third-order valence-electron chi connectivity index (χ3n) is 4.37. The van der Waals surface area contributed by atoms with E-state index in [2.05, 4.69) is 27.4 Å². The van der Waals surface area contributed by atoms with Crippen LogP contribution in [0.4, 0.5) is 4.39 Å². The van der Waals surface area contributed by atoms with Crippen molar-refractivity contribution in [3.63, 3.8) is 0 Å². The second-order valence-corrected chi connectivity index (χ2v) is 6.19. The van der Waals surface area contributed by atoms with Crippen molar-refractivity contribution in [2.75, 3.05) is 7.11 Å². The zero-order valence-electron chi connectivity index (χ0n) is 13.9. The van der Waals surface area contributed by atoms with E-state index < -0.39 is 0 Å². The van der Waals surface area contributed by atoms with Gasteiger partial charge in [-0.05, 0) is 55.2 Å². The van der Waals surface area contributed by atoms with Gasteiger partial charge in [-0.1, -0.05) is 12.1 Å². The highest BCUT2D eigenvalue weighted by molar-refractivity contribution is 7.78. The van der Waals surface area contributed by atoms with E-state index in [0.29, 0.717) is 6.61 Å². The van der Waals surface area contributed by atoms with Crippen LogP contribution in [0.3, 0.4) is 0 Å². The number of aliphatic imine (C=N–C) groups is 1. The summed E-state index contributed by atoms with van der Waals surface area (Å²) in [6, 6.07) is 8.93. The van der Waals surface area contributed by atoms with Crippen LogP contribution in [0, 0.1) is 5.82 Å². The van der Waals surface area contributed by atoms with Crippen LogP contribution in [-0.4, -0.2) is 29.4 Å². The fourth-order valence-electron chi connectivity index (χ4n) is 2.99. The van der Waals surface area contributed by atoms with Crippen molar-refractivity contribution in [2.45, 2.75) is 38.0 Å². The van der Waals surface area contributed by atoms with Gasteiger partial charge in [0.15, 0.2) is 11.6 Å². The van der Waals surface area contributed by atoms with Crippen molar-refractivity contribution in [2.24, 2.45) is 4.99 Å². The number of thiocarbonyl (C=S) groups is 1. The second kappa shape index (κ2) is 8.30. The molecule has 0 N–H and O–H groups in total. The molecule has 1 aliphatic rings. The zero-order valence-corrected chi connectivity index (χ0v) is 14.8. The fraction of sp³-hybridized carbons (Fsp3) is 0.368. The van der Waals surface area contributed by atoms with Gasteiger partial charge < -0.3 is 9.47 Å². The summed E-state index contributed by atoms with van der Waals surface area (Å²) >= 11 is 4.65. The second-order valence-electron chi connectivity index (χ2n) is 6.01. The molecule has 1 aromatic carbocycles. The van der Waals surface area contributed by atoms with Crippen molar-refractivity contribution >= 4 is 17.4 Å². The van der Waals surface area contributed by atoms with Crippen LogP contribution in [0.15, 0.2) is 41.5 Å². The molecule has 0 saturated heterocycles. The third kappa shape index (κ3) is 4.48. The predicted octanol–water partition coefficient (Wildman–Crippen LogP) is 4.44. The summed E-state index contributed by atoms with van der Waals surface area (Å²) in [5.41, 5.74) is 2.45. The Balaban J connectivity index is 1.59. The lowest BCUT2D eigenvalue weighted by Crippen LogP contribution is -2.10. The Bertz CT molecular complexity index is 775. The van der Waals surface area contributed by atoms with E-state index in [1.165, 1.54) is 13.2 Å². The molecule has 1 heterocycles. The molecule has 0 amide bonds. The van der Waals surface area contributed by atoms with Gasteiger partial charge >= 0.3 is 0 Å². The van der Waals surface area contributed by atoms with E-state index >= 15 is 0 Å². The SMILES string of the molecule is COc1ccc(-c2ccc(CO[C@H]3CCC(N=C=S)C3)nc2)cc1F. The van der Waals surface area contributed by atoms with Crippen LogP contribution in [-0.2, 0) is 11.3 Å². The molecule has 1 unspecified atom stereocenters. The number of pyridine rings is 1. The number of methoxy groups -OCH3 is 1. The first-order valence-corrected chi connectivity index (χ1v) is 8.58. The first-order chi connectivity index (χ1) is 12.2. The van der Waals surface area contributed by atoms with Gasteiger partial charge in [-0.15, -0.1) is 0 Å². The largest absolute Gasteiger partial charge is 0.494 e. The number of ether oxygens (including phenoxy) is 2. The van der Waals surface area contributed by atoms with Crippen molar-refractivity contribution in [3.05, 3.63) is 48.0 Å². The Labute approximate surface area is 151 Å². The van der Waals surface area contributed by atoms with Gasteiger partial charge in [0.1, 0.15) is 0 Å². The number of isothiocyanates is 1. The third-order valence-corrected chi connectivity index (χ3v) is 4.47. The van der Waals surface area contributed by atoms with E-state index in [0.717, 1.165) is 36.1 Å². The Hall–Kier alpha value is -2.14. The van der Waals surface area contributed by atoms with Crippen molar-refractivity contribution in [1.82, 2.24) is 4.98 Å². The number of hydrogen-bond acceptors (Lipinski definition) is 5. The van der Waals surface area contributed by atoms with Crippen LogP contribution in [0.1, 0.15) is 25.0 Å². The van der Waals surface area contributed by atoms with Crippen LogP contribution in [0.2, 0.25) is 0 Å². The molecule has 6 heteroatoms. The monoisotopic (exact) mass is 358 g/mol. The van der Waals surface area contributed by atoms with E-state index in [1.54, 1.807) is 12.3 Å². The van der Waals surface area contributed by atoms with E-state index in [9.17, 15) is 4.39 Å². The molecule has 0 radical (unpaired) electrons. The van der Waals surface area contributed by atoms with E-state index in [1.807, 2.05) is 18.2 Å². The molecule has 3 rings (SSSR count). The van der Waals surface area contributed by atoms with Gasteiger partial charge in [-0.2, -0.15) is 0 Å². The van der Waals surface area contributed by atoms with E-state index in [-0.39, 0.29) is 23.7 Å². The Morgan fingerprint density at radius 2 is 2.12 bits per heavy atom. The summed E-state index contributed by atoms with van der Waals surface area (Å²) < 4.78 is 24.6. The highest BCUT2D eigenvalue weighted by atomic mass is 32.1. The molecule has 1 aliphatic carbocycles. The van der Waals surface area contributed by atoms with Crippen LogP contribution < -0.4 is 4.74 Å². The first-order valence-electron chi connectivity index (χ1n) is 8.17. The normalized spacial score (nSPS) is 19.4. The molecule has 25 heavy (non-hydrogen) atoms. The van der Waals surface area contributed by atoms with Gasteiger partial charge in [0.05, 0.1) is 36.7 Å². The summed E-state index contributed by atoms with van der Waals surface area (Å²) in [4.78, 5) is 8.54. The van der Waals surface area contributed by atoms with Crippen molar-refractivity contribution in [1.29, 1.82) is 0 Å². The van der Waals surface area contributed by atoms with Gasteiger partial charge in [-0.3, -0.25) is 4.98 Å². The van der Waals surface area contributed by atoms with Gasteiger partial charge in [0.2, 0.25) is 0 Å². The summed E-state index contributed by atoms with van der Waals surface area (Å²) in [5, 5.41) is 2.44. The van der Waals surface area contributed by atoms with Crippen LogP contribution in [0.5, 0.6) is 5.75 Å². The quantitative estimate of drug-likeness (QED) is 0.566. The number of aromatic nitrogens is 1. The number of hydrogen-bond donors (Lipinski definition) is 0. The number of nitrogens with zero attached hydrogens (tertiary/aromatic N) is 2. The maximum absolute atomic E-state index is 13.8. The van der Waals surface area contributed by atoms with Crippen LogP contribution >= 0.6 is 12.2 Å². The molecule has 2 aromatic rings. The maximum Gasteiger partial charge on any atom is 0.165 e. The summed E-state index contributed by atoms with van der Waals surface area (Å²) in [6.45, 7) is 0.454. The lowest BCUT2D eigenvalue weighted by atomic mass is 10.1. The minimum Gasteiger partial charge on any atom is -0.494 e. The minimum atomic E-state index is -0.387. The molecule has 0 spiro atoms. The first kappa shape index (κ1) is 17.7. The summed E-state index contributed by atoms with van der Waals surface area (Å²) in [5.74, 6) is -0.156. The molecular formula is C19H19FN2O2S. The van der Waals surface area contributed by atoms with Crippen LogP contribution in [0.25, 0.3) is 11.1 Å². The maximum atomic E-state index is 13.8. The van der Waals surface area contributed by atoms with Gasteiger partial charge in [0.25, 0.3) is 0 Å². The zero-order chi connectivity index (χ0) is 17.6. The molecule has 4 nitrogen and oxygen atoms in total. The summed E-state index contributed by atoms with van der Waals surface area (Å²) in [7, 11) is 1.45. The minimum absolute atomic E-state index is 0.189. The lowest BCUT2D eigenvalue weighted by molar-refractivity contribution is 0.0430. The van der Waals surface area contributed by atoms with Crippen molar-refractivity contribution in [3.8, 4) is 16.9 Å². The van der Waals surface area contributed by atoms with Gasteiger partial charge in [0, 0.05) is 11.8 Å². The smallest absolute Gasteiger partial charge is 0.165 e. The van der Waals surface area contributed by atoms with Crippen molar-refractivity contribution < 1.29 is 13.9 Å². The van der Waals surface area contributed by atoms with E-state index in [4.69, 9.17) is 9.47 Å². The van der Waals surface area contributed by atoms with Gasteiger partial charge in [-0.25, -0.2) is 9.38 Å². The molecule has 1 saturated carbocycles. The average molecular weight is 358 g/mol. The average Bonchev–Trinajstić information content (AvgIpc) is 3.08. The molecule has 130 valence electrons. The highest BCUT2D eigenvalue weighted by Gasteiger charge is 2.24. The Morgan fingerprint density at radius 3 is 2.80 bits per heavy atom. The molecular weight excluding hydrogens is 339 g/mol. The number of halogens is 1. The fourth-order valence-corrected chi connectivity index (χ4v) is 3.14. The lowest BCUT2D eigenvalue weighted by Gasteiger charge is -2.11. The Kier molecular flexibility index (Phi) is 5.87. The number of benzene rings is 1. The Morgan fingerprint density at radius 1 is 1.28 bits per heavy atom. The molecule has 1 aromatic heterocycles. The topological polar surface area (TPSA) is 43.7 Å². The number of rotatable bonds is 6. The summed E-state index contributed by atoms with van der Waals surface area (Å²) in [6.07, 6.45) is 4.77. The molecule has 0 bridgehead atoms. The standard InChI is InChI=1S/C19H19FN2O2S/c1-23-19-7-3-13(8-18(19)20)14-2-4-16(21-10-14)11-24-17-6-5-15(9-17)22-12-25/h2-4,7-8,10,15,17H,5-6,9,11H2,1H3/t15?,17-/m0/s1. The molecule has 0 aliphatic heterocycles. The molecule has 1 fully saturated rings.